The molecule has 2 N–H and O–H groups in total. The van der Waals surface area contributed by atoms with Crippen LogP contribution in [0.5, 0.6) is 11.5 Å². The lowest BCUT2D eigenvalue weighted by atomic mass is 10.1. The Bertz CT molecular complexity index is 1340. The van der Waals surface area contributed by atoms with Gasteiger partial charge in [0.05, 0.1) is 32.0 Å². The molecule has 37 heavy (non-hydrogen) atoms. The number of amides is 2. The van der Waals surface area contributed by atoms with Gasteiger partial charge in [0.1, 0.15) is 5.25 Å². The van der Waals surface area contributed by atoms with Crippen LogP contribution in [0.15, 0.2) is 77.8 Å². The van der Waals surface area contributed by atoms with Crippen molar-refractivity contribution in [2.24, 2.45) is 4.99 Å². The number of carbonyl (C=O) groups is 3. The van der Waals surface area contributed by atoms with E-state index in [1.54, 1.807) is 43.4 Å². The second-order valence-corrected chi connectivity index (χ2v) is 9.25. The number of hydrogen-bond donors (Lipinski definition) is 2. The Morgan fingerprint density at radius 3 is 2.49 bits per heavy atom. The first kappa shape index (κ1) is 25.8. The molecule has 1 heterocycles. The molecule has 1 aliphatic heterocycles. The van der Waals surface area contributed by atoms with Gasteiger partial charge in [0.25, 0.3) is 0 Å². The van der Waals surface area contributed by atoms with Gasteiger partial charge in [-0.05, 0) is 48.0 Å². The first-order valence-corrected chi connectivity index (χ1v) is 12.2. The summed E-state index contributed by atoms with van der Waals surface area (Å²) in [7, 11) is 3.09. The molecular weight excluding hydrogens is 494 g/mol. The largest absolute Gasteiger partial charge is 0.493 e. The highest BCUT2D eigenvalue weighted by molar-refractivity contribution is 8.15. The number of carboxylic acids is 1. The third-order valence-corrected chi connectivity index (χ3v) is 6.77. The summed E-state index contributed by atoms with van der Waals surface area (Å²) in [5, 5.41) is 11.6. The van der Waals surface area contributed by atoms with Crippen LogP contribution in [-0.2, 0) is 16.1 Å². The van der Waals surface area contributed by atoms with Crippen LogP contribution >= 0.6 is 11.8 Å². The van der Waals surface area contributed by atoms with Gasteiger partial charge < -0.3 is 19.9 Å². The van der Waals surface area contributed by atoms with Crippen molar-refractivity contribution in [2.45, 2.75) is 18.2 Å². The Kier molecular flexibility index (Phi) is 8.09. The van der Waals surface area contributed by atoms with E-state index in [0.717, 1.165) is 5.56 Å². The normalized spacial score (nSPS) is 16.4. The monoisotopic (exact) mass is 519 g/mol. The number of ether oxygens (including phenoxy) is 2. The molecule has 1 atom stereocenters. The molecule has 190 valence electrons. The van der Waals surface area contributed by atoms with Gasteiger partial charge in [-0.15, -0.1) is 0 Å². The summed E-state index contributed by atoms with van der Waals surface area (Å²) in [5.41, 5.74) is 1.84. The van der Waals surface area contributed by atoms with E-state index in [1.807, 2.05) is 36.4 Å². The summed E-state index contributed by atoms with van der Waals surface area (Å²) in [6, 6.07) is 20.5. The molecule has 0 aliphatic carbocycles. The number of rotatable bonds is 8. The molecule has 0 saturated carbocycles. The molecule has 0 bridgehead atoms. The van der Waals surface area contributed by atoms with Crippen LogP contribution in [0.25, 0.3) is 0 Å². The Balaban J connectivity index is 1.59. The van der Waals surface area contributed by atoms with Crippen molar-refractivity contribution in [1.82, 2.24) is 4.90 Å². The highest BCUT2D eigenvalue weighted by atomic mass is 32.2. The molecule has 1 aliphatic rings. The van der Waals surface area contributed by atoms with E-state index in [-0.39, 0.29) is 24.4 Å². The number of thioether (sulfide) groups is 1. The third kappa shape index (κ3) is 6.28. The van der Waals surface area contributed by atoms with E-state index in [4.69, 9.17) is 9.47 Å². The van der Waals surface area contributed by atoms with Crippen molar-refractivity contribution >= 4 is 46.1 Å². The minimum atomic E-state index is -1.10. The number of aromatic carboxylic acids is 1. The molecule has 1 saturated heterocycles. The first-order chi connectivity index (χ1) is 17.9. The number of aliphatic imine (C=N–C) groups is 1. The summed E-state index contributed by atoms with van der Waals surface area (Å²) in [6.07, 6.45) is -0.0454. The molecule has 1 unspecified atom stereocenters. The number of carbonyl (C=O) groups excluding carboxylic acids is 2. The van der Waals surface area contributed by atoms with Gasteiger partial charge in [-0.25, -0.2) is 9.79 Å². The van der Waals surface area contributed by atoms with Crippen LogP contribution in [0, 0.1) is 0 Å². The minimum absolute atomic E-state index is 0.0454. The van der Waals surface area contributed by atoms with Crippen molar-refractivity contribution in [2.75, 3.05) is 19.5 Å². The maximum absolute atomic E-state index is 13.3. The summed E-state index contributed by atoms with van der Waals surface area (Å²) in [6.45, 7) is 0.229. The second kappa shape index (κ2) is 11.6. The van der Waals surface area contributed by atoms with E-state index in [9.17, 15) is 19.5 Å². The highest BCUT2D eigenvalue weighted by Gasteiger charge is 2.36. The Labute approximate surface area is 218 Å². The van der Waals surface area contributed by atoms with Gasteiger partial charge in [0.2, 0.25) is 11.8 Å². The highest BCUT2D eigenvalue weighted by Crippen LogP contribution is 2.33. The van der Waals surface area contributed by atoms with Crippen molar-refractivity contribution in [1.29, 1.82) is 0 Å². The van der Waals surface area contributed by atoms with E-state index >= 15 is 0 Å². The SMILES string of the molecule is COc1ccc(CN2C(=O)CC(C(=O)Nc3cccc(C(=O)O)c3)SC2=Nc2ccccc2)cc1OC. The summed E-state index contributed by atoms with van der Waals surface area (Å²) in [5.74, 6) is -0.650. The molecule has 0 spiro atoms. The van der Waals surface area contributed by atoms with Crippen LogP contribution in [0.2, 0.25) is 0 Å². The standard InChI is InChI=1S/C27H25N3O6S/c1-35-21-12-11-17(13-22(21)36-2)16-30-24(31)15-23(37-27(30)29-19-8-4-3-5-9-19)25(32)28-20-10-6-7-18(14-20)26(33)34/h3-14,23H,15-16H2,1-2H3,(H,28,32)(H,33,34). The zero-order valence-electron chi connectivity index (χ0n) is 20.2. The molecule has 9 nitrogen and oxygen atoms in total. The van der Waals surface area contributed by atoms with Crippen molar-refractivity contribution < 1.29 is 29.0 Å². The van der Waals surface area contributed by atoms with Gasteiger partial charge in [-0.1, -0.05) is 42.1 Å². The molecular formula is C27H25N3O6S. The van der Waals surface area contributed by atoms with Gasteiger partial charge >= 0.3 is 5.97 Å². The van der Waals surface area contributed by atoms with Crippen LogP contribution in [0.4, 0.5) is 11.4 Å². The van der Waals surface area contributed by atoms with Gasteiger partial charge in [0.15, 0.2) is 16.7 Å². The number of benzene rings is 3. The number of carboxylic acid groups (broad SMARTS) is 1. The Hall–Kier alpha value is -4.31. The smallest absolute Gasteiger partial charge is 0.335 e. The molecule has 3 aromatic rings. The fourth-order valence-corrected chi connectivity index (χ4v) is 4.82. The van der Waals surface area contributed by atoms with Crippen molar-refractivity contribution in [3.8, 4) is 11.5 Å². The molecule has 0 aromatic heterocycles. The van der Waals surface area contributed by atoms with E-state index in [2.05, 4.69) is 10.3 Å². The molecule has 3 aromatic carbocycles. The number of amidine groups is 1. The van der Waals surface area contributed by atoms with Crippen LogP contribution < -0.4 is 14.8 Å². The van der Waals surface area contributed by atoms with E-state index in [0.29, 0.717) is 28.0 Å². The topological polar surface area (TPSA) is 118 Å². The lowest BCUT2D eigenvalue weighted by molar-refractivity contribution is -0.129. The molecule has 2 amide bonds. The summed E-state index contributed by atoms with van der Waals surface area (Å²) < 4.78 is 10.7. The molecule has 4 rings (SSSR count). The lowest BCUT2D eigenvalue weighted by Gasteiger charge is -2.32. The maximum atomic E-state index is 13.3. The van der Waals surface area contributed by atoms with Crippen molar-refractivity contribution in [3.05, 3.63) is 83.9 Å². The molecule has 0 radical (unpaired) electrons. The Morgan fingerprint density at radius 2 is 1.78 bits per heavy atom. The van der Waals surface area contributed by atoms with E-state index < -0.39 is 17.1 Å². The second-order valence-electron chi connectivity index (χ2n) is 8.08. The van der Waals surface area contributed by atoms with Gasteiger partial charge in [-0.2, -0.15) is 0 Å². The number of para-hydroxylation sites is 1. The maximum Gasteiger partial charge on any atom is 0.335 e. The minimum Gasteiger partial charge on any atom is -0.493 e. The molecule has 10 heteroatoms. The first-order valence-electron chi connectivity index (χ1n) is 11.3. The quantitative estimate of drug-likeness (QED) is 0.448. The predicted octanol–water partition coefficient (Wildman–Crippen LogP) is 4.56. The predicted molar refractivity (Wildman–Crippen MR) is 142 cm³/mol. The number of hydrogen-bond acceptors (Lipinski definition) is 7. The number of anilines is 1. The third-order valence-electron chi connectivity index (χ3n) is 5.58. The fraction of sp³-hybridized carbons (Fsp3) is 0.185. The lowest BCUT2D eigenvalue weighted by Crippen LogP contribution is -2.44. The zero-order chi connectivity index (χ0) is 26.4. The number of nitrogens with one attached hydrogen (secondary N) is 1. The number of methoxy groups -OCH3 is 2. The van der Waals surface area contributed by atoms with Gasteiger partial charge in [0, 0.05) is 12.1 Å². The van der Waals surface area contributed by atoms with Crippen molar-refractivity contribution in [3.63, 3.8) is 0 Å². The van der Waals surface area contributed by atoms with Crippen LogP contribution in [0.1, 0.15) is 22.3 Å². The average Bonchev–Trinajstić information content (AvgIpc) is 2.91. The molecule has 1 fully saturated rings. The van der Waals surface area contributed by atoms with Crippen LogP contribution in [-0.4, -0.2) is 52.4 Å². The average molecular weight is 520 g/mol. The Morgan fingerprint density at radius 1 is 1.03 bits per heavy atom. The fourth-order valence-electron chi connectivity index (χ4n) is 3.72. The van der Waals surface area contributed by atoms with Crippen LogP contribution in [0.3, 0.4) is 0 Å². The van der Waals surface area contributed by atoms with E-state index in [1.165, 1.54) is 23.9 Å². The zero-order valence-corrected chi connectivity index (χ0v) is 21.0. The summed E-state index contributed by atoms with van der Waals surface area (Å²) in [4.78, 5) is 43.9. The van der Waals surface area contributed by atoms with Gasteiger partial charge in [-0.3, -0.25) is 14.5 Å². The number of nitrogens with zero attached hydrogens (tertiary/aromatic N) is 2. The summed E-state index contributed by atoms with van der Waals surface area (Å²) >= 11 is 1.18.